The summed E-state index contributed by atoms with van der Waals surface area (Å²) in [4.78, 5) is 4.67. The molecular weight excluding hydrogens is 240 g/mol. The van der Waals surface area contributed by atoms with Crippen molar-refractivity contribution in [3.05, 3.63) is 35.2 Å². The highest BCUT2D eigenvalue weighted by atomic mass is 35.5. The number of hydrogen-bond acceptors (Lipinski definition) is 2. The van der Waals surface area contributed by atoms with Crippen molar-refractivity contribution in [2.75, 3.05) is 11.5 Å². The van der Waals surface area contributed by atoms with Crippen LogP contribution in [0.15, 0.2) is 24.5 Å². The largest absolute Gasteiger partial charge is 0.305 e. The van der Waals surface area contributed by atoms with Crippen LogP contribution in [0.1, 0.15) is 24.5 Å². The zero-order valence-electron chi connectivity index (χ0n) is 8.90. The van der Waals surface area contributed by atoms with Gasteiger partial charge in [0.2, 0.25) is 0 Å². The van der Waals surface area contributed by atoms with Gasteiger partial charge in [-0.05, 0) is 36.5 Å². The molecule has 0 bridgehead atoms. The number of aromatic nitrogens is 2. The minimum Gasteiger partial charge on any atom is -0.305 e. The van der Waals surface area contributed by atoms with E-state index < -0.39 is 0 Å². The number of hydrogen-bond donors (Lipinski definition) is 0. The summed E-state index contributed by atoms with van der Waals surface area (Å²) < 4.78 is 2.03. The molecule has 1 aliphatic heterocycles. The van der Waals surface area contributed by atoms with Gasteiger partial charge in [-0.2, -0.15) is 11.8 Å². The topological polar surface area (TPSA) is 17.3 Å². The van der Waals surface area contributed by atoms with Crippen LogP contribution >= 0.6 is 23.4 Å². The third kappa shape index (κ3) is 1.94. The van der Waals surface area contributed by atoms with Crippen molar-refractivity contribution in [1.29, 1.82) is 0 Å². The highest BCUT2D eigenvalue weighted by Gasteiger charge is 2.18. The number of imidazole rings is 1. The second kappa shape index (κ2) is 4.30. The molecule has 2 aromatic heterocycles. The number of thioether (sulfide) groups is 1. The molecule has 0 spiro atoms. The summed E-state index contributed by atoms with van der Waals surface area (Å²) in [5, 5.41) is 0.760. The Hall–Kier alpha value is -0.670. The van der Waals surface area contributed by atoms with Gasteiger partial charge in [-0.15, -0.1) is 0 Å². The summed E-state index contributed by atoms with van der Waals surface area (Å²) in [6.45, 7) is 0. The number of rotatable bonds is 1. The molecule has 0 N–H and O–H groups in total. The van der Waals surface area contributed by atoms with Crippen LogP contribution in [0.2, 0.25) is 5.02 Å². The maximum absolute atomic E-state index is 5.96. The molecule has 0 aliphatic carbocycles. The molecule has 3 rings (SSSR count). The first-order valence-electron chi connectivity index (χ1n) is 5.55. The molecule has 0 unspecified atom stereocenters. The quantitative estimate of drug-likeness (QED) is 0.772. The summed E-state index contributed by atoms with van der Waals surface area (Å²) >= 11 is 8.01. The molecule has 16 heavy (non-hydrogen) atoms. The molecule has 1 saturated heterocycles. The Morgan fingerprint density at radius 2 is 2.06 bits per heavy atom. The van der Waals surface area contributed by atoms with Gasteiger partial charge in [0.1, 0.15) is 5.65 Å². The van der Waals surface area contributed by atoms with E-state index in [2.05, 4.69) is 11.2 Å². The Balaban J connectivity index is 1.97. The van der Waals surface area contributed by atoms with Crippen molar-refractivity contribution in [2.45, 2.75) is 18.8 Å². The van der Waals surface area contributed by atoms with E-state index in [1.165, 1.54) is 30.0 Å². The minimum absolute atomic E-state index is 0.639. The molecule has 84 valence electrons. The fraction of sp³-hybridized carbons (Fsp3) is 0.417. The van der Waals surface area contributed by atoms with Gasteiger partial charge < -0.3 is 4.40 Å². The Kier molecular flexibility index (Phi) is 2.82. The van der Waals surface area contributed by atoms with Gasteiger partial charge in [0, 0.05) is 18.3 Å². The first-order chi connectivity index (χ1) is 7.83. The lowest BCUT2D eigenvalue weighted by atomic mass is 10.00. The SMILES string of the molecule is Clc1ccc2nc(C3CCSCC3)cn2c1. The minimum atomic E-state index is 0.639. The maximum atomic E-state index is 5.96. The van der Waals surface area contributed by atoms with Gasteiger partial charge in [0.05, 0.1) is 10.7 Å². The monoisotopic (exact) mass is 252 g/mol. The van der Waals surface area contributed by atoms with Crippen molar-refractivity contribution >= 4 is 29.0 Å². The molecule has 0 aromatic carbocycles. The molecule has 3 heterocycles. The highest BCUT2D eigenvalue weighted by molar-refractivity contribution is 7.99. The van der Waals surface area contributed by atoms with Gasteiger partial charge in [-0.3, -0.25) is 0 Å². The van der Waals surface area contributed by atoms with Gasteiger partial charge in [-0.25, -0.2) is 4.98 Å². The molecular formula is C12H13ClN2S. The third-order valence-electron chi connectivity index (χ3n) is 3.07. The van der Waals surface area contributed by atoms with Crippen molar-refractivity contribution < 1.29 is 0 Å². The summed E-state index contributed by atoms with van der Waals surface area (Å²) in [7, 11) is 0. The van der Waals surface area contributed by atoms with Crippen LogP contribution in [0, 0.1) is 0 Å². The number of fused-ring (bicyclic) bond motifs is 1. The van der Waals surface area contributed by atoms with Crippen LogP contribution in [0.3, 0.4) is 0 Å². The fourth-order valence-corrected chi connectivity index (χ4v) is 3.45. The van der Waals surface area contributed by atoms with E-state index in [4.69, 9.17) is 11.6 Å². The van der Waals surface area contributed by atoms with E-state index in [0.717, 1.165) is 10.7 Å². The predicted molar refractivity (Wildman–Crippen MR) is 69.5 cm³/mol. The highest BCUT2D eigenvalue weighted by Crippen LogP contribution is 2.31. The lowest BCUT2D eigenvalue weighted by Gasteiger charge is -2.18. The maximum Gasteiger partial charge on any atom is 0.137 e. The summed E-state index contributed by atoms with van der Waals surface area (Å²) in [5.74, 6) is 3.17. The fourth-order valence-electron chi connectivity index (χ4n) is 2.17. The second-order valence-electron chi connectivity index (χ2n) is 4.17. The second-order valence-corrected chi connectivity index (χ2v) is 5.83. The Bertz CT molecular complexity index is 503. The lowest BCUT2D eigenvalue weighted by molar-refractivity contribution is 0.623. The molecule has 2 aromatic rings. The van der Waals surface area contributed by atoms with Gasteiger partial charge in [-0.1, -0.05) is 11.6 Å². The number of nitrogens with zero attached hydrogens (tertiary/aromatic N) is 2. The summed E-state index contributed by atoms with van der Waals surface area (Å²) in [5.41, 5.74) is 2.22. The van der Waals surface area contributed by atoms with Gasteiger partial charge >= 0.3 is 0 Å². The smallest absolute Gasteiger partial charge is 0.137 e. The Morgan fingerprint density at radius 1 is 1.25 bits per heavy atom. The van der Waals surface area contributed by atoms with E-state index >= 15 is 0 Å². The number of halogens is 1. The zero-order valence-corrected chi connectivity index (χ0v) is 10.5. The molecule has 1 aliphatic rings. The van der Waals surface area contributed by atoms with E-state index in [0.29, 0.717) is 5.92 Å². The van der Waals surface area contributed by atoms with Gasteiger partial charge in [0.25, 0.3) is 0 Å². The first kappa shape index (κ1) is 10.5. The summed E-state index contributed by atoms with van der Waals surface area (Å²) in [6, 6.07) is 3.87. The molecule has 0 amide bonds. The van der Waals surface area contributed by atoms with Crippen molar-refractivity contribution in [3.8, 4) is 0 Å². The molecule has 4 heteroatoms. The average molecular weight is 253 g/mol. The van der Waals surface area contributed by atoms with Crippen LogP contribution in [0.25, 0.3) is 5.65 Å². The van der Waals surface area contributed by atoms with E-state index in [9.17, 15) is 0 Å². The molecule has 0 saturated carbocycles. The molecule has 0 radical (unpaired) electrons. The molecule has 1 fully saturated rings. The van der Waals surface area contributed by atoms with Crippen LogP contribution < -0.4 is 0 Å². The van der Waals surface area contributed by atoms with Crippen LogP contribution in [0.5, 0.6) is 0 Å². The normalized spacial score (nSPS) is 18.1. The van der Waals surface area contributed by atoms with Gasteiger partial charge in [0.15, 0.2) is 0 Å². The lowest BCUT2D eigenvalue weighted by Crippen LogP contribution is -2.07. The Morgan fingerprint density at radius 3 is 2.88 bits per heavy atom. The van der Waals surface area contributed by atoms with Crippen molar-refractivity contribution in [3.63, 3.8) is 0 Å². The van der Waals surface area contributed by atoms with E-state index in [-0.39, 0.29) is 0 Å². The zero-order chi connectivity index (χ0) is 11.0. The number of pyridine rings is 1. The average Bonchev–Trinajstić information content (AvgIpc) is 2.73. The van der Waals surface area contributed by atoms with Crippen molar-refractivity contribution in [1.82, 2.24) is 9.38 Å². The van der Waals surface area contributed by atoms with Crippen LogP contribution in [0.4, 0.5) is 0 Å². The Labute approximate surface area is 104 Å². The van der Waals surface area contributed by atoms with Crippen molar-refractivity contribution in [2.24, 2.45) is 0 Å². The third-order valence-corrected chi connectivity index (χ3v) is 4.35. The predicted octanol–water partition coefficient (Wildman–Crippen LogP) is 3.60. The first-order valence-corrected chi connectivity index (χ1v) is 7.08. The molecule has 0 atom stereocenters. The standard InChI is InChI=1S/C12H13ClN2S/c13-10-1-2-12-14-11(8-15(12)7-10)9-3-5-16-6-4-9/h1-2,7-9H,3-6H2. The van der Waals surface area contributed by atoms with E-state index in [1.54, 1.807) is 0 Å². The van der Waals surface area contributed by atoms with E-state index in [1.807, 2.05) is 34.5 Å². The molecule has 2 nitrogen and oxygen atoms in total. The van der Waals surface area contributed by atoms with Crippen LogP contribution in [-0.4, -0.2) is 20.9 Å². The van der Waals surface area contributed by atoms with Crippen LogP contribution in [-0.2, 0) is 0 Å². The summed E-state index contributed by atoms with van der Waals surface area (Å²) in [6.07, 6.45) is 6.55.